The van der Waals surface area contributed by atoms with Crippen LogP contribution in [0.3, 0.4) is 0 Å². The van der Waals surface area contributed by atoms with Crippen molar-refractivity contribution in [2.75, 3.05) is 11.9 Å². The molecule has 2 heterocycles. The SMILES string of the molecule is Cn1nc(-c2ccc(Cl)cc2)cc1NC(=O)COC(=O)c1cccc[n+]1[O-]. The van der Waals surface area contributed by atoms with Crippen LogP contribution in [0.4, 0.5) is 5.82 Å². The highest BCUT2D eigenvalue weighted by Gasteiger charge is 2.18. The average Bonchev–Trinajstić information content (AvgIpc) is 3.01. The summed E-state index contributed by atoms with van der Waals surface area (Å²) < 4.78 is 6.74. The van der Waals surface area contributed by atoms with Gasteiger partial charge in [0.2, 0.25) is 0 Å². The lowest BCUT2D eigenvalue weighted by atomic mass is 10.1. The zero-order valence-electron chi connectivity index (χ0n) is 14.3. The molecule has 3 rings (SSSR count). The number of aromatic nitrogens is 3. The number of hydrogen-bond acceptors (Lipinski definition) is 5. The Morgan fingerprint density at radius 3 is 2.70 bits per heavy atom. The van der Waals surface area contributed by atoms with Gasteiger partial charge < -0.3 is 15.3 Å². The Bertz CT molecular complexity index is 985. The van der Waals surface area contributed by atoms with Crippen LogP contribution >= 0.6 is 11.6 Å². The second kappa shape index (κ2) is 7.88. The van der Waals surface area contributed by atoms with Gasteiger partial charge in [-0.15, -0.1) is 0 Å². The Morgan fingerprint density at radius 1 is 1.26 bits per heavy atom. The minimum absolute atomic E-state index is 0.198. The molecule has 0 aliphatic carbocycles. The molecule has 0 fully saturated rings. The number of benzene rings is 1. The van der Waals surface area contributed by atoms with E-state index in [-0.39, 0.29) is 5.69 Å². The molecule has 0 aliphatic heterocycles. The lowest BCUT2D eigenvalue weighted by molar-refractivity contribution is -0.608. The van der Waals surface area contributed by atoms with Crippen molar-refractivity contribution in [2.24, 2.45) is 7.05 Å². The van der Waals surface area contributed by atoms with E-state index in [1.54, 1.807) is 25.2 Å². The first-order valence-electron chi connectivity index (χ1n) is 7.89. The van der Waals surface area contributed by atoms with Crippen molar-refractivity contribution in [3.05, 3.63) is 70.7 Å². The van der Waals surface area contributed by atoms with Crippen LogP contribution in [0.15, 0.2) is 54.7 Å². The smallest absolute Gasteiger partial charge is 0.405 e. The van der Waals surface area contributed by atoms with Gasteiger partial charge >= 0.3 is 11.7 Å². The molecule has 9 heteroatoms. The van der Waals surface area contributed by atoms with Crippen LogP contribution in [-0.4, -0.2) is 28.3 Å². The number of carbonyl (C=O) groups is 2. The van der Waals surface area contributed by atoms with Gasteiger partial charge in [0.15, 0.2) is 12.8 Å². The Morgan fingerprint density at radius 2 is 2.00 bits per heavy atom. The third-order valence-electron chi connectivity index (χ3n) is 3.65. The highest BCUT2D eigenvalue weighted by molar-refractivity contribution is 6.30. The van der Waals surface area contributed by atoms with Gasteiger partial charge in [-0.3, -0.25) is 9.48 Å². The van der Waals surface area contributed by atoms with E-state index in [1.165, 1.54) is 29.1 Å². The van der Waals surface area contributed by atoms with E-state index in [9.17, 15) is 14.8 Å². The highest BCUT2D eigenvalue weighted by Crippen LogP contribution is 2.23. The van der Waals surface area contributed by atoms with Gasteiger partial charge in [-0.1, -0.05) is 23.7 Å². The van der Waals surface area contributed by atoms with E-state index in [0.29, 0.717) is 21.3 Å². The van der Waals surface area contributed by atoms with E-state index in [1.807, 2.05) is 12.1 Å². The second-order valence-corrected chi connectivity index (χ2v) is 6.02. The van der Waals surface area contributed by atoms with Crippen LogP contribution in [0.25, 0.3) is 11.3 Å². The third kappa shape index (κ3) is 4.42. The van der Waals surface area contributed by atoms with Gasteiger partial charge in [-0.05, 0) is 18.2 Å². The summed E-state index contributed by atoms with van der Waals surface area (Å²) in [5.74, 6) is -1.01. The van der Waals surface area contributed by atoms with Gasteiger partial charge in [-0.2, -0.15) is 9.83 Å². The molecule has 138 valence electrons. The largest absolute Gasteiger partial charge is 0.618 e. The van der Waals surface area contributed by atoms with Gasteiger partial charge in [-0.25, -0.2) is 4.79 Å². The van der Waals surface area contributed by atoms with Crippen molar-refractivity contribution in [3.8, 4) is 11.3 Å². The van der Waals surface area contributed by atoms with Crippen LogP contribution in [0, 0.1) is 5.21 Å². The lowest BCUT2D eigenvalue weighted by Gasteiger charge is -2.06. The van der Waals surface area contributed by atoms with Crippen molar-refractivity contribution >= 4 is 29.3 Å². The van der Waals surface area contributed by atoms with Crippen LogP contribution in [0.1, 0.15) is 10.5 Å². The highest BCUT2D eigenvalue weighted by atomic mass is 35.5. The molecule has 0 unspecified atom stereocenters. The Labute approximate surface area is 159 Å². The standard InChI is InChI=1S/C18H15ClN4O4/c1-22-16(10-14(21-22)12-5-7-13(19)8-6-12)20-17(24)11-27-18(25)15-4-2-3-9-23(15)26/h2-10H,11H2,1H3,(H,20,24). The minimum atomic E-state index is -0.882. The number of rotatable bonds is 5. The molecule has 0 bridgehead atoms. The Hall–Kier alpha value is -3.39. The molecule has 0 aliphatic rings. The number of aryl methyl sites for hydroxylation is 1. The molecule has 1 aromatic carbocycles. The molecule has 27 heavy (non-hydrogen) atoms. The van der Waals surface area contributed by atoms with Crippen molar-refractivity contribution in [2.45, 2.75) is 0 Å². The molecule has 0 saturated heterocycles. The van der Waals surface area contributed by atoms with Crippen LogP contribution in [-0.2, 0) is 16.6 Å². The van der Waals surface area contributed by atoms with Gasteiger partial charge in [0.25, 0.3) is 5.91 Å². The summed E-state index contributed by atoms with van der Waals surface area (Å²) >= 11 is 5.87. The number of pyridine rings is 1. The quantitative estimate of drug-likeness (QED) is 0.411. The maximum absolute atomic E-state index is 12.0. The van der Waals surface area contributed by atoms with Crippen molar-refractivity contribution in [1.82, 2.24) is 9.78 Å². The predicted molar refractivity (Wildman–Crippen MR) is 98.0 cm³/mol. The fraction of sp³-hybridized carbons (Fsp3) is 0.111. The minimum Gasteiger partial charge on any atom is -0.618 e. The molecule has 0 spiro atoms. The molecule has 8 nitrogen and oxygen atoms in total. The van der Waals surface area contributed by atoms with Crippen LogP contribution < -0.4 is 10.0 Å². The van der Waals surface area contributed by atoms with Crippen molar-refractivity contribution in [1.29, 1.82) is 0 Å². The normalized spacial score (nSPS) is 10.4. The second-order valence-electron chi connectivity index (χ2n) is 5.58. The van der Waals surface area contributed by atoms with E-state index in [0.717, 1.165) is 5.56 Å². The summed E-state index contributed by atoms with van der Waals surface area (Å²) in [5, 5.41) is 19.0. The molecule has 0 saturated carbocycles. The third-order valence-corrected chi connectivity index (χ3v) is 3.91. The van der Waals surface area contributed by atoms with E-state index >= 15 is 0 Å². The zero-order chi connectivity index (χ0) is 19.4. The molecule has 0 atom stereocenters. The molecule has 2 aromatic heterocycles. The van der Waals surface area contributed by atoms with E-state index in [2.05, 4.69) is 10.4 Å². The van der Waals surface area contributed by atoms with Gasteiger partial charge in [0.1, 0.15) is 5.82 Å². The number of hydrogen-bond donors (Lipinski definition) is 1. The molecule has 1 amide bonds. The predicted octanol–water partition coefficient (Wildman–Crippen LogP) is 2.17. The number of anilines is 1. The molecular formula is C18H15ClN4O4. The topological polar surface area (TPSA) is 100 Å². The molecular weight excluding hydrogens is 372 g/mol. The number of carbonyl (C=O) groups excluding carboxylic acids is 2. The summed E-state index contributed by atoms with van der Waals surface area (Å²) in [7, 11) is 1.67. The molecule has 0 radical (unpaired) electrons. The maximum Gasteiger partial charge on any atom is 0.405 e. The van der Waals surface area contributed by atoms with E-state index in [4.69, 9.17) is 16.3 Å². The number of nitrogens with zero attached hydrogens (tertiary/aromatic N) is 3. The number of amides is 1. The van der Waals surface area contributed by atoms with Crippen molar-refractivity contribution in [3.63, 3.8) is 0 Å². The first-order valence-corrected chi connectivity index (χ1v) is 8.27. The summed E-state index contributed by atoms with van der Waals surface area (Å²) in [6.45, 7) is -0.533. The fourth-order valence-corrected chi connectivity index (χ4v) is 2.44. The van der Waals surface area contributed by atoms with Gasteiger partial charge in [0, 0.05) is 35.8 Å². The Balaban J connectivity index is 1.62. The molecule has 3 aromatic rings. The zero-order valence-corrected chi connectivity index (χ0v) is 15.0. The Kier molecular flexibility index (Phi) is 5.37. The maximum atomic E-state index is 12.0. The summed E-state index contributed by atoms with van der Waals surface area (Å²) in [5.41, 5.74) is 1.29. The fourth-order valence-electron chi connectivity index (χ4n) is 2.32. The summed E-state index contributed by atoms with van der Waals surface area (Å²) in [4.78, 5) is 23.9. The first kappa shape index (κ1) is 18.4. The number of ether oxygens (including phenoxy) is 1. The van der Waals surface area contributed by atoms with Gasteiger partial charge in [0.05, 0.1) is 5.69 Å². The van der Waals surface area contributed by atoms with Crippen LogP contribution in [0.2, 0.25) is 5.02 Å². The van der Waals surface area contributed by atoms with Crippen molar-refractivity contribution < 1.29 is 19.1 Å². The average molecular weight is 387 g/mol. The summed E-state index contributed by atoms with van der Waals surface area (Å²) in [6, 6.07) is 13.1. The lowest BCUT2D eigenvalue weighted by Crippen LogP contribution is -2.35. The number of esters is 1. The van der Waals surface area contributed by atoms with Crippen LogP contribution in [0.5, 0.6) is 0 Å². The van der Waals surface area contributed by atoms with E-state index < -0.39 is 18.5 Å². The summed E-state index contributed by atoms with van der Waals surface area (Å²) in [6.07, 6.45) is 1.17. The molecule has 1 N–H and O–H groups in total. The number of nitrogens with one attached hydrogen (secondary N) is 1. The first-order chi connectivity index (χ1) is 12.9. The number of halogens is 1. The monoisotopic (exact) mass is 386 g/mol.